The SMILES string of the molecule is CCN(C(N)=O)c1ccccc1C#N. The Bertz CT molecular complexity index is 381. The molecule has 0 aliphatic rings. The lowest BCUT2D eigenvalue weighted by Crippen LogP contribution is -2.35. The van der Waals surface area contributed by atoms with Crippen LogP contribution in [0.1, 0.15) is 12.5 Å². The van der Waals surface area contributed by atoms with Gasteiger partial charge in [0.1, 0.15) is 6.07 Å². The van der Waals surface area contributed by atoms with Crippen LogP contribution in [0.25, 0.3) is 0 Å². The van der Waals surface area contributed by atoms with Crippen LogP contribution in [0, 0.1) is 11.3 Å². The number of nitriles is 1. The summed E-state index contributed by atoms with van der Waals surface area (Å²) < 4.78 is 0. The Morgan fingerprint density at radius 2 is 2.21 bits per heavy atom. The van der Waals surface area contributed by atoms with E-state index in [0.29, 0.717) is 17.8 Å². The maximum Gasteiger partial charge on any atom is 0.319 e. The molecular weight excluding hydrogens is 178 g/mol. The van der Waals surface area contributed by atoms with Crippen LogP contribution in [-0.4, -0.2) is 12.6 Å². The third-order valence-electron chi connectivity index (χ3n) is 1.90. The molecule has 2 N–H and O–H groups in total. The summed E-state index contributed by atoms with van der Waals surface area (Å²) in [6.07, 6.45) is 0. The van der Waals surface area contributed by atoms with Crippen LogP contribution in [0.2, 0.25) is 0 Å². The standard InChI is InChI=1S/C10H11N3O/c1-2-13(10(12)14)9-6-4-3-5-8(9)7-11/h3-6H,2H2,1H3,(H2,12,14). The Hall–Kier alpha value is -2.02. The average molecular weight is 189 g/mol. The predicted molar refractivity (Wildman–Crippen MR) is 53.8 cm³/mol. The molecule has 0 fully saturated rings. The summed E-state index contributed by atoms with van der Waals surface area (Å²) in [6.45, 7) is 2.26. The first-order valence-corrected chi connectivity index (χ1v) is 4.26. The smallest absolute Gasteiger partial charge is 0.319 e. The van der Waals surface area contributed by atoms with E-state index in [1.807, 2.05) is 6.07 Å². The monoisotopic (exact) mass is 189 g/mol. The Morgan fingerprint density at radius 3 is 2.71 bits per heavy atom. The quantitative estimate of drug-likeness (QED) is 0.765. The van der Waals surface area contributed by atoms with Crippen LogP contribution < -0.4 is 10.6 Å². The van der Waals surface area contributed by atoms with E-state index in [-0.39, 0.29) is 0 Å². The Morgan fingerprint density at radius 1 is 1.57 bits per heavy atom. The van der Waals surface area contributed by atoms with E-state index in [1.165, 1.54) is 4.90 Å². The van der Waals surface area contributed by atoms with E-state index in [0.717, 1.165) is 0 Å². The summed E-state index contributed by atoms with van der Waals surface area (Å²) in [6, 6.07) is 8.34. The molecule has 1 aromatic rings. The number of anilines is 1. The van der Waals surface area contributed by atoms with Crippen LogP contribution >= 0.6 is 0 Å². The summed E-state index contributed by atoms with van der Waals surface area (Å²) in [7, 11) is 0. The fraction of sp³-hybridized carbons (Fsp3) is 0.200. The molecule has 0 aromatic heterocycles. The number of hydrogen-bond acceptors (Lipinski definition) is 2. The first-order valence-electron chi connectivity index (χ1n) is 4.26. The predicted octanol–water partition coefficient (Wildman–Crippen LogP) is 1.46. The van der Waals surface area contributed by atoms with Gasteiger partial charge in [-0.3, -0.25) is 4.90 Å². The molecule has 4 heteroatoms. The van der Waals surface area contributed by atoms with E-state index in [4.69, 9.17) is 11.0 Å². The highest BCUT2D eigenvalue weighted by molar-refractivity contribution is 5.92. The summed E-state index contributed by atoms with van der Waals surface area (Å²) in [5.41, 5.74) is 6.19. The van der Waals surface area contributed by atoms with E-state index < -0.39 is 6.03 Å². The lowest BCUT2D eigenvalue weighted by atomic mass is 10.2. The highest BCUT2D eigenvalue weighted by atomic mass is 16.2. The lowest BCUT2D eigenvalue weighted by molar-refractivity contribution is 0.254. The Kier molecular flexibility index (Phi) is 3.08. The molecule has 0 spiro atoms. The third-order valence-corrected chi connectivity index (χ3v) is 1.90. The Labute approximate surface area is 82.5 Å². The molecule has 72 valence electrons. The van der Waals surface area contributed by atoms with Crippen molar-refractivity contribution < 1.29 is 4.79 Å². The minimum atomic E-state index is -0.546. The number of urea groups is 1. The number of carbonyl (C=O) groups is 1. The summed E-state index contributed by atoms with van der Waals surface area (Å²) in [5, 5.41) is 8.82. The van der Waals surface area contributed by atoms with Gasteiger partial charge >= 0.3 is 6.03 Å². The van der Waals surface area contributed by atoms with Crippen LogP contribution in [0.4, 0.5) is 10.5 Å². The second-order valence-corrected chi connectivity index (χ2v) is 2.71. The number of nitrogens with two attached hydrogens (primary N) is 1. The summed E-state index contributed by atoms with van der Waals surface area (Å²) >= 11 is 0. The molecule has 2 amide bonds. The van der Waals surface area contributed by atoms with Gasteiger partial charge in [0.05, 0.1) is 11.3 Å². The van der Waals surface area contributed by atoms with Gasteiger partial charge in [0, 0.05) is 6.54 Å². The molecule has 0 aliphatic heterocycles. The van der Waals surface area contributed by atoms with Gasteiger partial charge in [-0.2, -0.15) is 5.26 Å². The van der Waals surface area contributed by atoms with Gasteiger partial charge in [0.25, 0.3) is 0 Å². The van der Waals surface area contributed by atoms with Crippen LogP contribution in [0.5, 0.6) is 0 Å². The lowest BCUT2D eigenvalue weighted by Gasteiger charge is -2.19. The minimum Gasteiger partial charge on any atom is -0.351 e. The molecule has 0 unspecified atom stereocenters. The van der Waals surface area contributed by atoms with E-state index >= 15 is 0 Å². The summed E-state index contributed by atoms with van der Waals surface area (Å²) in [5.74, 6) is 0. The molecular formula is C10H11N3O. The molecule has 0 saturated heterocycles. The molecule has 0 saturated carbocycles. The topological polar surface area (TPSA) is 70.1 Å². The van der Waals surface area contributed by atoms with Crippen molar-refractivity contribution in [2.45, 2.75) is 6.92 Å². The van der Waals surface area contributed by atoms with Crippen molar-refractivity contribution in [3.8, 4) is 6.07 Å². The molecule has 0 aliphatic carbocycles. The molecule has 0 heterocycles. The highest BCUT2D eigenvalue weighted by Gasteiger charge is 2.12. The third kappa shape index (κ3) is 1.83. The number of amides is 2. The number of rotatable bonds is 2. The van der Waals surface area contributed by atoms with Crippen molar-refractivity contribution in [2.24, 2.45) is 5.73 Å². The van der Waals surface area contributed by atoms with Crippen molar-refractivity contribution >= 4 is 11.7 Å². The first-order chi connectivity index (χ1) is 6.70. The number of para-hydroxylation sites is 1. The largest absolute Gasteiger partial charge is 0.351 e. The average Bonchev–Trinajstić information content (AvgIpc) is 2.19. The maximum absolute atomic E-state index is 11.0. The molecule has 14 heavy (non-hydrogen) atoms. The van der Waals surface area contributed by atoms with E-state index in [1.54, 1.807) is 31.2 Å². The fourth-order valence-corrected chi connectivity index (χ4v) is 1.25. The van der Waals surface area contributed by atoms with Gasteiger partial charge in [-0.15, -0.1) is 0 Å². The van der Waals surface area contributed by atoms with Crippen molar-refractivity contribution in [1.82, 2.24) is 0 Å². The number of carbonyl (C=O) groups excluding carboxylic acids is 1. The van der Waals surface area contributed by atoms with Crippen LogP contribution in [-0.2, 0) is 0 Å². The van der Waals surface area contributed by atoms with Gasteiger partial charge in [0.15, 0.2) is 0 Å². The molecule has 0 bridgehead atoms. The van der Waals surface area contributed by atoms with Gasteiger partial charge < -0.3 is 5.73 Å². The van der Waals surface area contributed by atoms with E-state index in [9.17, 15) is 4.79 Å². The zero-order valence-electron chi connectivity index (χ0n) is 7.90. The zero-order valence-corrected chi connectivity index (χ0v) is 7.90. The fourth-order valence-electron chi connectivity index (χ4n) is 1.25. The molecule has 4 nitrogen and oxygen atoms in total. The number of benzene rings is 1. The van der Waals surface area contributed by atoms with Gasteiger partial charge in [-0.25, -0.2) is 4.79 Å². The minimum absolute atomic E-state index is 0.452. The molecule has 0 radical (unpaired) electrons. The first kappa shape index (κ1) is 10.1. The van der Waals surface area contributed by atoms with Crippen molar-refractivity contribution in [3.63, 3.8) is 0 Å². The van der Waals surface area contributed by atoms with E-state index in [2.05, 4.69) is 0 Å². The van der Waals surface area contributed by atoms with Gasteiger partial charge in [0.2, 0.25) is 0 Å². The molecule has 1 aromatic carbocycles. The van der Waals surface area contributed by atoms with Crippen molar-refractivity contribution in [3.05, 3.63) is 29.8 Å². The van der Waals surface area contributed by atoms with Crippen molar-refractivity contribution in [1.29, 1.82) is 5.26 Å². The Balaban J connectivity index is 3.17. The summed E-state index contributed by atoms with van der Waals surface area (Å²) in [4.78, 5) is 12.4. The van der Waals surface area contributed by atoms with Gasteiger partial charge in [-0.1, -0.05) is 12.1 Å². The number of primary amides is 1. The van der Waals surface area contributed by atoms with Crippen molar-refractivity contribution in [2.75, 3.05) is 11.4 Å². The van der Waals surface area contributed by atoms with Crippen LogP contribution in [0.15, 0.2) is 24.3 Å². The number of hydrogen-bond donors (Lipinski definition) is 1. The maximum atomic E-state index is 11.0. The zero-order chi connectivity index (χ0) is 10.6. The van der Waals surface area contributed by atoms with Crippen LogP contribution in [0.3, 0.4) is 0 Å². The van der Waals surface area contributed by atoms with Gasteiger partial charge in [-0.05, 0) is 19.1 Å². The number of nitrogens with zero attached hydrogens (tertiary/aromatic N) is 2. The second kappa shape index (κ2) is 4.28. The highest BCUT2D eigenvalue weighted by Crippen LogP contribution is 2.18. The second-order valence-electron chi connectivity index (χ2n) is 2.71. The molecule has 0 atom stereocenters. The normalized spacial score (nSPS) is 9.14. The molecule has 1 rings (SSSR count).